The summed E-state index contributed by atoms with van der Waals surface area (Å²) in [4.78, 5) is 42.7. The van der Waals surface area contributed by atoms with E-state index in [2.05, 4.69) is 20.9 Å². The zero-order chi connectivity index (χ0) is 27.1. The number of ether oxygens (including phenoxy) is 1. The smallest absolute Gasteiger partial charge is 0.408 e. The van der Waals surface area contributed by atoms with Crippen LogP contribution in [0.15, 0.2) is 60.8 Å². The molecule has 3 aromatic rings. The Morgan fingerprint density at radius 1 is 1.05 bits per heavy atom. The molecule has 2 aliphatic heterocycles. The second kappa shape index (κ2) is 12.1. The van der Waals surface area contributed by atoms with Crippen molar-refractivity contribution in [1.29, 1.82) is 0 Å². The van der Waals surface area contributed by atoms with Gasteiger partial charge in [-0.15, -0.1) is 0 Å². The summed E-state index contributed by atoms with van der Waals surface area (Å²) in [6.07, 6.45) is 4.22. The molecule has 0 spiro atoms. The predicted molar refractivity (Wildman–Crippen MR) is 148 cm³/mol. The number of pyridine rings is 1. The topological polar surface area (TPSA) is 109 Å². The summed E-state index contributed by atoms with van der Waals surface area (Å²) in [7, 11) is 0. The van der Waals surface area contributed by atoms with E-state index in [-0.39, 0.29) is 17.7 Å². The molecule has 38 heavy (non-hydrogen) atoms. The van der Waals surface area contributed by atoms with Crippen LogP contribution in [0.2, 0.25) is 0 Å². The van der Waals surface area contributed by atoms with Crippen molar-refractivity contribution in [3.05, 3.63) is 71.9 Å². The van der Waals surface area contributed by atoms with E-state index in [0.717, 1.165) is 41.3 Å². The number of hydrogen-bond donors (Lipinski definition) is 3. The van der Waals surface area contributed by atoms with E-state index in [0.29, 0.717) is 25.1 Å². The molecule has 2 aromatic carbocycles. The fraction of sp³-hybridized carbons (Fsp3) is 0.400. The lowest BCUT2D eigenvalue weighted by atomic mass is 9.89. The standard InChI is InChI=1S/C30H36N4O4/c1-30(2,3)38-29(37)34-25-18-20-12-14-21(15-13-20)23(8-4-5-16-32-28(25)36)19-26(35)33-24-11-6-9-22-10-7-17-31-27(22)24/h6-7,9-15,17,23,25H,4-5,8,16,18-19H2,1-3H3,(H,32,36)(H,33,35)(H,34,37)/t23?,25-/m0/s1. The number of fused-ring (bicyclic) bond motifs is 11. The average molecular weight is 517 g/mol. The van der Waals surface area contributed by atoms with Crippen LogP contribution in [0.3, 0.4) is 0 Å². The first kappa shape index (κ1) is 27.1. The molecule has 3 heterocycles. The maximum absolute atomic E-state index is 13.1. The first-order chi connectivity index (χ1) is 18.2. The second-order valence-electron chi connectivity index (χ2n) is 10.8. The van der Waals surface area contributed by atoms with Crippen molar-refractivity contribution in [3.8, 4) is 0 Å². The molecule has 2 aliphatic rings. The molecule has 2 bridgehead atoms. The molecule has 200 valence electrons. The largest absolute Gasteiger partial charge is 0.444 e. The molecule has 5 rings (SSSR count). The first-order valence-corrected chi connectivity index (χ1v) is 13.2. The summed E-state index contributed by atoms with van der Waals surface area (Å²) in [5.41, 5.74) is 2.81. The zero-order valence-electron chi connectivity index (χ0n) is 22.3. The molecule has 0 saturated heterocycles. The molecule has 2 atom stereocenters. The third-order valence-corrected chi connectivity index (χ3v) is 6.52. The first-order valence-electron chi connectivity index (χ1n) is 13.2. The van der Waals surface area contributed by atoms with Crippen molar-refractivity contribution in [2.75, 3.05) is 11.9 Å². The highest BCUT2D eigenvalue weighted by Gasteiger charge is 2.25. The molecule has 0 radical (unpaired) electrons. The Labute approximate surface area is 223 Å². The Bertz CT molecular complexity index is 1280. The van der Waals surface area contributed by atoms with Gasteiger partial charge in [-0.3, -0.25) is 14.6 Å². The summed E-state index contributed by atoms with van der Waals surface area (Å²) in [6.45, 7) is 5.85. The van der Waals surface area contributed by atoms with Crippen molar-refractivity contribution < 1.29 is 19.1 Å². The van der Waals surface area contributed by atoms with E-state index in [1.165, 1.54) is 0 Å². The predicted octanol–water partition coefficient (Wildman–Crippen LogP) is 5.08. The summed E-state index contributed by atoms with van der Waals surface area (Å²) in [5, 5.41) is 9.69. The van der Waals surface area contributed by atoms with Crippen LogP contribution in [0.1, 0.15) is 63.5 Å². The minimum atomic E-state index is -0.743. The lowest BCUT2D eigenvalue weighted by Crippen LogP contribution is -2.49. The van der Waals surface area contributed by atoms with Crippen LogP contribution >= 0.6 is 0 Å². The third kappa shape index (κ3) is 7.54. The average Bonchev–Trinajstić information content (AvgIpc) is 2.88. The molecule has 0 saturated carbocycles. The van der Waals surface area contributed by atoms with E-state index < -0.39 is 17.7 Å². The van der Waals surface area contributed by atoms with Gasteiger partial charge in [0.1, 0.15) is 11.6 Å². The number of amides is 3. The van der Waals surface area contributed by atoms with Crippen molar-refractivity contribution in [1.82, 2.24) is 15.6 Å². The van der Waals surface area contributed by atoms with E-state index in [1.807, 2.05) is 54.6 Å². The van der Waals surface area contributed by atoms with E-state index in [9.17, 15) is 14.4 Å². The second-order valence-corrected chi connectivity index (χ2v) is 10.8. The van der Waals surface area contributed by atoms with Gasteiger partial charge in [0, 0.05) is 31.0 Å². The number of anilines is 1. The summed E-state index contributed by atoms with van der Waals surface area (Å²) in [6, 6.07) is 16.8. The molecule has 3 amide bonds. The lowest BCUT2D eigenvalue weighted by molar-refractivity contribution is -0.123. The lowest BCUT2D eigenvalue weighted by Gasteiger charge is -2.23. The van der Waals surface area contributed by atoms with Gasteiger partial charge in [-0.05, 0) is 62.8 Å². The monoisotopic (exact) mass is 516 g/mol. The van der Waals surface area contributed by atoms with Gasteiger partial charge in [-0.2, -0.15) is 0 Å². The normalized spacial score (nSPS) is 18.4. The Balaban J connectivity index is 1.47. The molecular weight excluding hydrogens is 480 g/mol. The van der Waals surface area contributed by atoms with Crippen LogP contribution in [0.5, 0.6) is 0 Å². The highest BCUT2D eigenvalue weighted by atomic mass is 16.6. The van der Waals surface area contributed by atoms with E-state index in [1.54, 1.807) is 27.0 Å². The molecule has 1 unspecified atom stereocenters. The third-order valence-electron chi connectivity index (χ3n) is 6.52. The van der Waals surface area contributed by atoms with Gasteiger partial charge in [0.05, 0.1) is 11.2 Å². The number of aromatic nitrogens is 1. The van der Waals surface area contributed by atoms with Gasteiger partial charge in [-0.1, -0.05) is 48.9 Å². The van der Waals surface area contributed by atoms with Gasteiger partial charge in [0.15, 0.2) is 0 Å². The summed E-state index contributed by atoms with van der Waals surface area (Å²) >= 11 is 0. The Kier molecular flexibility index (Phi) is 8.61. The van der Waals surface area contributed by atoms with Crippen molar-refractivity contribution in [3.63, 3.8) is 0 Å². The number of rotatable bonds is 4. The van der Waals surface area contributed by atoms with Crippen LogP contribution < -0.4 is 16.0 Å². The number of carbonyl (C=O) groups excluding carboxylic acids is 3. The van der Waals surface area contributed by atoms with E-state index >= 15 is 0 Å². The number of benzene rings is 2. The number of carbonyl (C=O) groups is 3. The number of nitrogens with zero attached hydrogens (tertiary/aromatic N) is 1. The molecule has 1 aromatic heterocycles. The van der Waals surface area contributed by atoms with Crippen molar-refractivity contribution in [2.24, 2.45) is 0 Å². The van der Waals surface area contributed by atoms with Gasteiger partial charge < -0.3 is 20.7 Å². The fourth-order valence-electron chi connectivity index (χ4n) is 4.69. The molecular formula is C30H36N4O4. The number of hydrogen-bond acceptors (Lipinski definition) is 5. The highest BCUT2D eigenvalue weighted by Crippen LogP contribution is 2.28. The molecule has 0 fully saturated rings. The Morgan fingerprint density at radius 2 is 1.82 bits per heavy atom. The van der Waals surface area contributed by atoms with E-state index in [4.69, 9.17) is 4.74 Å². The van der Waals surface area contributed by atoms with Crippen LogP contribution in [0.25, 0.3) is 10.9 Å². The van der Waals surface area contributed by atoms with Crippen LogP contribution in [0, 0.1) is 0 Å². The fourth-order valence-corrected chi connectivity index (χ4v) is 4.69. The maximum atomic E-state index is 13.1. The van der Waals surface area contributed by atoms with Crippen LogP contribution in [-0.4, -0.2) is 41.1 Å². The quantitative estimate of drug-likeness (QED) is 0.448. The zero-order valence-corrected chi connectivity index (χ0v) is 22.3. The van der Waals surface area contributed by atoms with Gasteiger partial charge in [0.2, 0.25) is 11.8 Å². The van der Waals surface area contributed by atoms with Crippen molar-refractivity contribution in [2.45, 2.75) is 70.4 Å². The van der Waals surface area contributed by atoms with Crippen molar-refractivity contribution >= 4 is 34.5 Å². The SMILES string of the molecule is CC(C)(C)OC(=O)N[C@H]1Cc2ccc(cc2)C(CC(=O)Nc2cccc3cccnc23)CCCCNC1=O. The molecule has 0 aliphatic carbocycles. The minimum absolute atomic E-state index is 0.0409. The Hall–Kier alpha value is -3.94. The Morgan fingerprint density at radius 3 is 2.58 bits per heavy atom. The minimum Gasteiger partial charge on any atom is -0.444 e. The summed E-state index contributed by atoms with van der Waals surface area (Å²) in [5.74, 6) is -0.255. The van der Waals surface area contributed by atoms with Crippen LogP contribution in [0.4, 0.5) is 10.5 Å². The number of alkyl carbamates (subject to hydrolysis) is 1. The van der Waals surface area contributed by atoms with Gasteiger partial charge in [0.25, 0.3) is 0 Å². The van der Waals surface area contributed by atoms with Gasteiger partial charge in [-0.25, -0.2) is 4.79 Å². The number of nitrogens with one attached hydrogen (secondary N) is 3. The van der Waals surface area contributed by atoms with Crippen LogP contribution in [-0.2, 0) is 20.7 Å². The summed E-state index contributed by atoms with van der Waals surface area (Å²) < 4.78 is 5.36. The van der Waals surface area contributed by atoms with Gasteiger partial charge >= 0.3 is 6.09 Å². The molecule has 8 heteroatoms. The molecule has 3 N–H and O–H groups in total. The molecule has 8 nitrogen and oxygen atoms in total. The number of para-hydroxylation sites is 1. The highest BCUT2D eigenvalue weighted by molar-refractivity contribution is 6.00. The maximum Gasteiger partial charge on any atom is 0.408 e.